The molecule has 0 amide bonds. The molecule has 3 rings (SSSR count). The van der Waals surface area contributed by atoms with Gasteiger partial charge in [-0.15, -0.1) is 11.3 Å². The second-order valence-corrected chi connectivity index (χ2v) is 6.27. The third-order valence-corrected chi connectivity index (χ3v) is 5.00. The second-order valence-electron chi connectivity index (χ2n) is 5.30. The van der Waals surface area contributed by atoms with Crippen LogP contribution in [0.5, 0.6) is 0 Å². The molecule has 0 saturated heterocycles. The molecule has 0 N–H and O–H groups in total. The van der Waals surface area contributed by atoms with Crippen LogP contribution in [0.4, 0.5) is 0 Å². The van der Waals surface area contributed by atoms with Gasteiger partial charge in [-0.3, -0.25) is 4.90 Å². The minimum absolute atomic E-state index is 0.203. The highest BCUT2D eigenvalue weighted by atomic mass is 32.1. The highest BCUT2D eigenvalue weighted by Crippen LogP contribution is 2.29. The van der Waals surface area contributed by atoms with E-state index < -0.39 is 0 Å². The summed E-state index contributed by atoms with van der Waals surface area (Å²) in [5.74, 6) is -0.203. The average molecular weight is 301 g/mol. The molecule has 1 aromatic carbocycles. The monoisotopic (exact) mass is 301 g/mol. The molecule has 2 heterocycles. The Morgan fingerprint density at radius 2 is 2.14 bits per heavy atom. The van der Waals surface area contributed by atoms with E-state index in [-0.39, 0.29) is 5.97 Å². The van der Waals surface area contributed by atoms with Crippen molar-refractivity contribution in [3.05, 3.63) is 57.3 Å². The lowest BCUT2D eigenvalue weighted by Crippen LogP contribution is -2.32. The van der Waals surface area contributed by atoms with Crippen molar-refractivity contribution in [2.24, 2.45) is 0 Å². The predicted molar refractivity (Wildman–Crippen MR) is 84.8 cm³/mol. The van der Waals surface area contributed by atoms with Gasteiger partial charge >= 0.3 is 5.97 Å². The molecule has 0 fully saturated rings. The fraction of sp³-hybridized carbons (Fsp3) is 0.353. The van der Waals surface area contributed by atoms with Crippen LogP contribution in [0.2, 0.25) is 0 Å². The van der Waals surface area contributed by atoms with Gasteiger partial charge in [0, 0.05) is 29.9 Å². The molecule has 0 atom stereocenters. The van der Waals surface area contributed by atoms with Crippen molar-refractivity contribution < 1.29 is 9.53 Å². The van der Waals surface area contributed by atoms with Gasteiger partial charge in [0.1, 0.15) is 0 Å². The molecule has 0 bridgehead atoms. The van der Waals surface area contributed by atoms with Crippen LogP contribution in [0.3, 0.4) is 0 Å². The SMILES string of the molecule is COC(=O)c1csc2c1CCN(CCc1ccccc1)C2. The van der Waals surface area contributed by atoms with Crippen LogP contribution in [-0.4, -0.2) is 31.1 Å². The summed E-state index contributed by atoms with van der Waals surface area (Å²) in [6.45, 7) is 3.03. The van der Waals surface area contributed by atoms with Gasteiger partial charge in [-0.25, -0.2) is 4.79 Å². The van der Waals surface area contributed by atoms with E-state index in [1.54, 1.807) is 11.3 Å². The highest BCUT2D eigenvalue weighted by Gasteiger charge is 2.23. The van der Waals surface area contributed by atoms with Crippen molar-refractivity contribution >= 4 is 17.3 Å². The Hall–Kier alpha value is -1.65. The van der Waals surface area contributed by atoms with Gasteiger partial charge in [0.05, 0.1) is 12.7 Å². The van der Waals surface area contributed by atoms with Crippen molar-refractivity contribution in [3.8, 4) is 0 Å². The molecule has 3 nitrogen and oxygen atoms in total. The van der Waals surface area contributed by atoms with Gasteiger partial charge < -0.3 is 4.74 Å². The van der Waals surface area contributed by atoms with Crippen molar-refractivity contribution in [1.29, 1.82) is 0 Å². The summed E-state index contributed by atoms with van der Waals surface area (Å²) in [6.07, 6.45) is 2.02. The predicted octanol–water partition coefficient (Wildman–Crippen LogP) is 3.14. The van der Waals surface area contributed by atoms with Crippen molar-refractivity contribution in [3.63, 3.8) is 0 Å². The van der Waals surface area contributed by atoms with Gasteiger partial charge in [0.25, 0.3) is 0 Å². The molecule has 1 aliphatic heterocycles. The molecular weight excluding hydrogens is 282 g/mol. The van der Waals surface area contributed by atoms with E-state index >= 15 is 0 Å². The maximum Gasteiger partial charge on any atom is 0.338 e. The van der Waals surface area contributed by atoms with Gasteiger partial charge in [-0.05, 0) is 24.0 Å². The van der Waals surface area contributed by atoms with Crippen LogP contribution < -0.4 is 0 Å². The average Bonchev–Trinajstić information content (AvgIpc) is 2.96. The van der Waals surface area contributed by atoms with Gasteiger partial charge in [-0.2, -0.15) is 0 Å². The van der Waals surface area contributed by atoms with Crippen LogP contribution in [0.25, 0.3) is 0 Å². The van der Waals surface area contributed by atoms with Crippen molar-refractivity contribution in [1.82, 2.24) is 4.90 Å². The fourth-order valence-electron chi connectivity index (χ4n) is 2.79. The number of hydrogen-bond donors (Lipinski definition) is 0. The summed E-state index contributed by atoms with van der Waals surface area (Å²) in [5.41, 5.74) is 3.34. The molecule has 0 unspecified atom stereocenters. The quantitative estimate of drug-likeness (QED) is 0.813. The Morgan fingerprint density at radius 1 is 1.33 bits per heavy atom. The van der Waals surface area contributed by atoms with E-state index in [9.17, 15) is 4.79 Å². The lowest BCUT2D eigenvalue weighted by atomic mass is 10.0. The molecule has 1 aliphatic rings. The molecule has 4 heteroatoms. The first-order valence-corrected chi connectivity index (χ1v) is 8.09. The van der Waals surface area contributed by atoms with E-state index in [2.05, 4.69) is 35.2 Å². The summed E-state index contributed by atoms with van der Waals surface area (Å²) >= 11 is 1.68. The number of carbonyl (C=O) groups excluding carboxylic acids is 1. The van der Waals surface area contributed by atoms with Crippen molar-refractivity contribution in [2.75, 3.05) is 20.2 Å². The van der Waals surface area contributed by atoms with E-state index in [1.165, 1.54) is 23.1 Å². The Bertz CT molecular complexity index is 621. The number of benzene rings is 1. The number of hydrogen-bond acceptors (Lipinski definition) is 4. The topological polar surface area (TPSA) is 29.5 Å². The van der Waals surface area contributed by atoms with Crippen molar-refractivity contribution in [2.45, 2.75) is 19.4 Å². The molecule has 1 aromatic heterocycles. The molecule has 21 heavy (non-hydrogen) atoms. The number of rotatable bonds is 4. The lowest BCUT2D eigenvalue weighted by molar-refractivity contribution is 0.0599. The minimum atomic E-state index is -0.203. The number of esters is 1. The number of fused-ring (bicyclic) bond motifs is 1. The third-order valence-electron chi connectivity index (χ3n) is 3.99. The van der Waals surface area contributed by atoms with Crippen LogP contribution in [0.15, 0.2) is 35.7 Å². The Kier molecular flexibility index (Phi) is 4.36. The minimum Gasteiger partial charge on any atom is -0.465 e. The maximum atomic E-state index is 11.7. The zero-order valence-corrected chi connectivity index (χ0v) is 13.0. The molecule has 0 aliphatic carbocycles. The number of thiophene rings is 1. The molecule has 0 spiro atoms. The third kappa shape index (κ3) is 3.17. The van der Waals surface area contributed by atoms with Crippen LogP contribution in [0, 0.1) is 0 Å². The van der Waals surface area contributed by atoms with E-state index in [0.29, 0.717) is 0 Å². The summed E-state index contributed by atoms with van der Waals surface area (Å²) in [6, 6.07) is 10.6. The Labute approximate surface area is 129 Å². The molecule has 0 radical (unpaired) electrons. The second kappa shape index (κ2) is 6.41. The molecule has 110 valence electrons. The van der Waals surface area contributed by atoms with E-state index in [1.807, 2.05) is 5.38 Å². The molecular formula is C17H19NO2S. The van der Waals surface area contributed by atoms with Gasteiger partial charge in [0.15, 0.2) is 0 Å². The summed E-state index contributed by atoms with van der Waals surface area (Å²) in [4.78, 5) is 15.5. The number of methoxy groups -OCH3 is 1. The largest absolute Gasteiger partial charge is 0.465 e. The normalized spacial score (nSPS) is 14.7. The van der Waals surface area contributed by atoms with E-state index in [0.717, 1.165) is 38.0 Å². The molecule has 2 aromatic rings. The van der Waals surface area contributed by atoms with E-state index in [4.69, 9.17) is 4.74 Å². The first-order chi connectivity index (χ1) is 10.3. The lowest BCUT2D eigenvalue weighted by Gasteiger charge is -2.27. The Balaban J connectivity index is 1.63. The summed E-state index contributed by atoms with van der Waals surface area (Å²) in [7, 11) is 1.45. The first-order valence-electron chi connectivity index (χ1n) is 7.22. The highest BCUT2D eigenvalue weighted by molar-refractivity contribution is 7.10. The number of nitrogens with zero attached hydrogens (tertiary/aromatic N) is 1. The summed E-state index contributed by atoms with van der Waals surface area (Å²) in [5, 5.41) is 1.94. The molecule has 0 saturated carbocycles. The first kappa shape index (κ1) is 14.3. The number of ether oxygens (including phenoxy) is 1. The maximum absolute atomic E-state index is 11.7. The van der Waals surface area contributed by atoms with Gasteiger partial charge in [-0.1, -0.05) is 30.3 Å². The Morgan fingerprint density at radius 3 is 2.90 bits per heavy atom. The zero-order chi connectivity index (χ0) is 14.7. The van der Waals surface area contributed by atoms with Crippen LogP contribution in [0.1, 0.15) is 26.4 Å². The van der Waals surface area contributed by atoms with Crippen LogP contribution >= 0.6 is 11.3 Å². The standard InChI is InChI=1S/C17H19NO2S/c1-20-17(19)15-12-21-16-11-18(10-8-14(15)16)9-7-13-5-3-2-4-6-13/h2-6,12H,7-11H2,1H3. The van der Waals surface area contributed by atoms with Crippen LogP contribution in [-0.2, 0) is 24.1 Å². The fourth-order valence-corrected chi connectivity index (χ4v) is 3.90. The summed E-state index contributed by atoms with van der Waals surface area (Å²) < 4.78 is 4.85. The smallest absolute Gasteiger partial charge is 0.338 e. The number of carbonyl (C=O) groups is 1. The van der Waals surface area contributed by atoms with Gasteiger partial charge in [0.2, 0.25) is 0 Å². The zero-order valence-electron chi connectivity index (χ0n) is 12.2.